The molecule has 2 N–H and O–H groups in total. The van der Waals surface area contributed by atoms with Crippen molar-refractivity contribution in [2.24, 2.45) is 10.9 Å². The van der Waals surface area contributed by atoms with E-state index in [0.29, 0.717) is 18.4 Å². The van der Waals surface area contributed by atoms with Gasteiger partial charge in [0.1, 0.15) is 6.54 Å². The van der Waals surface area contributed by atoms with Crippen LogP contribution in [-0.2, 0) is 9.53 Å². The lowest BCUT2D eigenvalue weighted by Crippen LogP contribution is -2.50. The molecule has 0 spiro atoms. The van der Waals surface area contributed by atoms with Gasteiger partial charge in [0.05, 0.1) is 12.7 Å². The first-order valence-electron chi connectivity index (χ1n) is 9.72. The number of morpholine rings is 1. The topological polar surface area (TPSA) is 69.2 Å². The van der Waals surface area contributed by atoms with Crippen LogP contribution in [0.1, 0.15) is 33.6 Å². The molecule has 2 aliphatic rings. The molecular weight excluding hydrogens is 445 g/mol. The van der Waals surface area contributed by atoms with Gasteiger partial charge in [-0.3, -0.25) is 9.69 Å². The zero-order valence-corrected chi connectivity index (χ0v) is 18.8. The Morgan fingerprint density at radius 2 is 1.96 bits per heavy atom. The molecule has 0 aromatic rings. The Morgan fingerprint density at radius 1 is 1.23 bits per heavy atom. The zero-order chi connectivity index (χ0) is 18.1. The Kier molecular flexibility index (Phi) is 11.5. The Labute approximate surface area is 175 Å². The van der Waals surface area contributed by atoms with Gasteiger partial charge in [-0.15, -0.1) is 24.0 Å². The molecule has 0 bridgehead atoms. The van der Waals surface area contributed by atoms with E-state index in [9.17, 15) is 4.79 Å². The first-order chi connectivity index (χ1) is 12.1. The largest absolute Gasteiger partial charge is 0.374 e. The third-order valence-corrected chi connectivity index (χ3v) is 4.52. The van der Waals surface area contributed by atoms with E-state index in [4.69, 9.17) is 4.74 Å². The number of nitrogens with zero attached hydrogens (tertiary/aromatic N) is 3. The number of amides is 1. The molecule has 8 heteroatoms. The summed E-state index contributed by atoms with van der Waals surface area (Å²) in [7, 11) is 0. The molecule has 1 amide bonds. The van der Waals surface area contributed by atoms with E-state index in [0.717, 1.165) is 58.7 Å². The van der Waals surface area contributed by atoms with Crippen LogP contribution in [0.2, 0.25) is 0 Å². The van der Waals surface area contributed by atoms with E-state index < -0.39 is 0 Å². The van der Waals surface area contributed by atoms with Crippen molar-refractivity contribution in [2.75, 3.05) is 59.0 Å². The van der Waals surface area contributed by atoms with Crippen molar-refractivity contribution in [3.8, 4) is 0 Å². The minimum absolute atomic E-state index is 0. The number of hydrogen-bond donors (Lipinski definition) is 2. The van der Waals surface area contributed by atoms with Crippen molar-refractivity contribution in [3.05, 3.63) is 0 Å². The summed E-state index contributed by atoms with van der Waals surface area (Å²) < 4.78 is 5.86. The highest BCUT2D eigenvalue weighted by Crippen LogP contribution is 2.08. The van der Waals surface area contributed by atoms with Crippen LogP contribution < -0.4 is 10.6 Å². The molecule has 2 saturated heterocycles. The van der Waals surface area contributed by atoms with Crippen molar-refractivity contribution >= 4 is 35.8 Å². The minimum atomic E-state index is 0. The molecule has 2 rings (SSSR count). The summed E-state index contributed by atoms with van der Waals surface area (Å²) in [5.74, 6) is 1.48. The van der Waals surface area contributed by atoms with E-state index in [1.165, 1.54) is 0 Å². The third kappa shape index (κ3) is 8.39. The first-order valence-corrected chi connectivity index (χ1v) is 9.72. The lowest BCUT2D eigenvalue weighted by Gasteiger charge is -2.34. The summed E-state index contributed by atoms with van der Waals surface area (Å²) in [5, 5.41) is 6.54. The Morgan fingerprint density at radius 3 is 2.62 bits per heavy atom. The molecule has 0 aromatic heterocycles. The van der Waals surface area contributed by atoms with Gasteiger partial charge in [0.2, 0.25) is 5.91 Å². The summed E-state index contributed by atoms with van der Waals surface area (Å²) in [6.45, 7) is 13.8. The Bertz CT molecular complexity index is 441. The van der Waals surface area contributed by atoms with Gasteiger partial charge >= 0.3 is 0 Å². The van der Waals surface area contributed by atoms with Crippen LogP contribution in [0.5, 0.6) is 0 Å². The van der Waals surface area contributed by atoms with Gasteiger partial charge in [0, 0.05) is 45.8 Å². The highest BCUT2D eigenvalue weighted by atomic mass is 127. The smallest absolute Gasteiger partial charge is 0.244 e. The van der Waals surface area contributed by atoms with Crippen molar-refractivity contribution in [1.29, 1.82) is 0 Å². The van der Waals surface area contributed by atoms with E-state index in [2.05, 4.69) is 34.4 Å². The number of carbonyl (C=O) groups excluding carboxylic acids is 1. The van der Waals surface area contributed by atoms with E-state index in [1.54, 1.807) is 0 Å². The first kappa shape index (κ1) is 23.4. The minimum Gasteiger partial charge on any atom is -0.374 e. The maximum absolute atomic E-state index is 12.1. The fourth-order valence-electron chi connectivity index (χ4n) is 3.35. The molecule has 0 saturated carbocycles. The molecular formula is C18H36IN5O2. The average molecular weight is 481 g/mol. The van der Waals surface area contributed by atoms with E-state index in [-0.39, 0.29) is 42.5 Å². The van der Waals surface area contributed by atoms with Crippen LogP contribution in [0.15, 0.2) is 4.99 Å². The van der Waals surface area contributed by atoms with Gasteiger partial charge < -0.3 is 20.3 Å². The van der Waals surface area contributed by atoms with Gasteiger partial charge in [-0.25, -0.2) is 4.99 Å². The lowest BCUT2D eigenvalue weighted by molar-refractivity contribution is -0.128. The Hall–Kier alpha value is -0.610. The fourth-order valence-corrected chi connectivity index (χ4v) is 3.35. The van der Waals surface area contributed by atoms with Gasteiger partial charge in [-0.2, -0.15) is 0 Å². The van der Waals surface area contributed by atoms with E-state index >= 15 is 0 Å². The highest BCUT2D eigenvalue weighted by molar-refractivity contribution is 14.0. The van der Waals surface area contributed by atoms with Crippen LogP contribution >= 0.6 is 24.0 Å². The number of ether oxygens (including phenoxy) is 1. The molecule has 2 fully saturated rings. The third-order valence-electron chi connectivity index (χ3n) is 4.52. The Balaban J connectivity index is 0.00000338. The number of rotatable bonds is 7. The quantitative estimate of drug-likeness (QED) is 0.324. The van der Waals surface area contributed by atoms with Gasteiger partial charge in [0.25, 0.3) is 0 Å². The average Bonchev–Trinajstić information content (AvgIpc) is 3.11. The maximum atomic E-state index is 12.1. The predicted molar refractivity (Wildman–Crippen MR) is 116 cm³/mol. The molecule has 1 atom stereocenters. The van der Waals surface area contributed by atoms with Crippen LogP contribution in [0.4, 0.5) is 0 Å². The molecule has 0 aromatic carbocycles. The number of carbonyl (C=O) groups is 1. The number of hydrogen-bond acceptors (Lipinski definition) is 4. The van der Waals surface area contributed by atoms with Crippen molar-refractivity contribution in [3.63, 3.8) is 0 Å². The number of halogens is 1. The lowest BCUT2D eigenvalue weighted by atomic mass is 10.2. The standard InChI is InChI=1S/C18H35N5O2.HI/c1-4-19-18(21-12-17(24)23-7-5-6-8-23)20-11-16-14-22(9-10-25-16)13-15(2)3;/h15-16H,4-14H2,1-3H3,(H2,19,20,21);1H. The molecule has 152 valence electrons. The van der Waals surface area contributed by atoms with Gasteiger partial charge in [-0.1, -0.05) is 13.8 Å². The summed E-state index contributed by atoms with van der Waals surface area (Å²) in [4.78, 5) is 20.9. The second kappa shape index (κ2) is 12.7. The predicted octanol–water partition coefficient (Wildman–Crippen LogP) is 1.14. The van der Waals surface area contributed by atoms with Crippen LogP contribution in [0.25, 0.3) is 0 Å². The molecule has 26 heavy (non-hydrogen) atoms. The summed E-state index contributed by atoms with van der Waals surface area (Å²) in [6, 6.07) is 0. The van der Waals surface area contributed by atoms with Crippen LogP contribution in [0.3, 0.4) is 0 Å². The molecule has 2 heterocycles. The van der Waals surface area contributed by atoms with Gasteiger partial charge in [-0.05, 0) is 25.7 Å². The number of aliphatic imine (C=N–C) groups is 1. The fraction of sp³-hybridized carbons (Fsp3) is 0.889. The summed E-state index contributed by atoms with van der Waals surface area (Å²) >= 11 is 0. The van der Waals surface area contributed by atoms with Gasteiger partial charge in [0.15, 0.2) is 5.96 Å². The maximum Gasteiger partial charge on any atom is 0.244 e. The van der Waals surface area contributed by atoms with Crippen LogP contribution in [0, 0.1) is 5.92 Å². The molecule has 7 nitrogen and oxygen atoms in total. The molecule has 2 aliphatic heterocycles. The van der Waals surface area contributed by atoms with Crippen molar-refractivity contribution < 1.29 is 9.53 Å². The second-order valence-electron chi connectivity index (χ2n) is 7.31. The number of likely N-dealkylation sites (tertiary alicyclic amines) is 1. The molecule has 0 radical (unpaired) electrons. The molecule has 1 unspecified atom stereocenters. The zero-order valence-electron chi connectivity index (χ0n) is 16.5. The van der Waals surface area contributed by atoms with E-state index in [1.807, 2.05) is 11.8 Å². The summed E-state index contributed by atoms with van der Waals surface area (Å²) in [6.07, 6.45) is 2.38. The number of guanidine groups is 1. The van der Waals surface area contributed by atoms with Crippen molar-refractivity contribution in [1.82, 2.24) is 20.4 Å². The SMILES string of the molecule is CCNC(=NCC(=O)N1CCCC1)NCC1CN(CC(C)C)CCO1.I. The normalized spacial score (nSPS) is 21.6. The van der Waals surface area contributed by atoms with Crippen molar-refractivity contribution in [2.45, 2.75) is 39.7 Å². The monoisotopic (exact) mass is 481 g/mol. The second-order valence-corrected chi connectivity index (χ2v) is 7.31. The summed E-state index contributed by atoms with van der Waals surface area (Å²) in [5.41, 5.74) is 0. The van der Waals surface area contributed by atoms with Crippen LogP contribution in [-0.4, -0.2) is 86.7 Å². The molecule has 0 aliphatic carbocycles. The number of nitrogens with one attached hydrogen (secondary N) is 2. The highest BCUT2D eigenvalue weighted by Gasteiger charge is 2.21.